The fraction of sp³-hybridized carbons (Fsp3) is 0.143. The maximum absolute atomic E-state index is 13.6. The molecular formula is C21H19BrFNO. The van der Waals surface area contributed by atoms with E-state index in [1.807, 2.05) is 30.3 Å². The number of nitrogens with one attached hydrogen (secondary N) is 1. The molecular weight excluding hydrogens is 381 g/mol. The van der Waals surface area contributed by atoms with E-state index in [-0.39, 0.29) is 12.4 Å². The van der Waals surface area contributed by atoms with E-state index in [0.29, 0.717) is 5.56 Å². The Kier molecular flexibility index (Phi) is 5.71. The number of anilines is 1. The summed E-state index contributed by atoms with van der Waals surface area (Å²) in [6, 6.07) is 20.7. The molecule has 0 radical (unpaired) electrons. The first-order valence-corrected chi connectivity index (χ1v) is 8.86. The summed E-state index contributed by atoms with van der Waals surface area (Å²) in [5.41, 5.74) is 4.02. The third kappa shape index (κ3) is 4.83. The van der Waals surface area contributed by atoms with Gasteiger partial charge in [0, 0.05) is 22.3 Å². The van der Waals surface area contributed by atoms with Gasteiger partial charge in [-0.15, -0.1) is 0 Å². The van der Waals surface area contributed by atoms with Crippen LogP contribution in [0.4, 0.5) is 10.1 Å². The summed E-state index contributed by atoms with van der Waals surface area (Å²) in [5, 5.41) is 3.43. The van der Waals surface area contributed by atoms with Crippen molar-refractivity contribution in [3.05, 3.63) is 93.7 Å². The predicted octanol–water partition coefficient (Wildman–Crippen LogP) is 6.09. The van der Waals surface area contributed by atoms with Gasteiger partial charge in [0.2, 0.25) is 0 Å². The number of ether oxygens (including phenoxy) is 1. The van der Waals surface area contributed by atoms with Crippen molar-refractivity contribution in [1.82, 2.24) is 0 Å². The molecule has 25 heavy (non-hydrogen) atoms. The first-order valence-electron chi connectivity index (χ1n) is 8.07. The van der Waals surface area contributed by atoms with Crippen LogP contribution in [0.5, 0.6) is 5.75 Å². The molecule has 3 aromatic rings. The normalized spacial score (nSPS) is 10.5. The molecule has 128 valence electrons. The predicted molar refractivity (Wildman–Crippen MR) is 103 cm³/mol. The Balaban J connectivity index is 1.56. The molecule has 0 amide bonds. The molecule has 1 N–H and O–H groups in total. The Morgan fingerprint density at radius 3 is 2.48 bits per heavy atom. The Hall–Kier alpha value is -2.33. The molecule has 3 aromatic carbocycles. The molecule has 0 saturated carbocycles. The van der Waals surface area contributed by atoms with Gasteiger partial charge in [-0.3, -0.25) is 0 Å². The average Bonchev–Trinajstić information content (AvgIpc) is 2.61. The monoisotopic (exact) mass is 399 g/mol. The van der Waals surface area contributed by atoms with Crippen LogP contribution in [-0.4, -0.2) is 0 Å². The molecule has 0 fully saturated rings. The van der Waals surface area contributed by atoms with Crippen molar-refractivity contribution in [3.8, 4) is 5.75 Å². The summed E-state index contributed by atoms with van der Waals surface area (Å²) in [5.74, 6) is 0.486. The molecule has 0 heterocycles. The van der Waals surface area contributed by atoms with E-state index in [1.165, 1.54) is 11.6 Å². The van der Waals surface area contributed by atoms with Crippen LogP contribution in [0.15, 0.2) is 71.2 Å². The Morgan fingerprint density at radius 1 is 1.00 bits per heavy atom. The van der Waals surface area contributed by atoms with Crippen LogP contribution in [0.25, 0.3) is 0 Å². The lowest BCUT2D eigenvalue weighted by molar-refractivity contribution is 0.300. The molecule has 0 aliphatic rings. The van der Waals surface area contributed by atoms with E-state index in [2.05, 4.69) is 40.3 Å². The van der Waals surface area contributed by atoms with Crippen LogP contribution in [-0.2, 0) is 13.2 Å². The minimum atomic E-state index is -0.242. The highest BCUT2D eigenvalue weighted by atomic mass is 79.9. The maximum Gasteiger partial charge on any atom is 0.129 e. The fourth-order valence-corrected chi connectivity index (χ4v) is 2.98. The Bertz CT molecular complexity index is 849. The van der Waals surface area contributed by atoms with Gasteiger partial charge in [0.05, 0.1) is 0 Å². The van der Waals surface area contributed by atoms with Gasteiger partial charge in [-0.2, -0.15) is 0 Å². The Labute approximate surface area is 155 Å². The molecule has 0 saturated heterocycles. The number of hydrogen-bond donors (Lipinski definition) is 1. The molecule has 0 bridgehead atoms. The number of hydrogen-bond acceptors (Lipinski definition) is 2. The number of rotatable bonds is 6. The molecule has 0 spiro atoms. The number of benzene rings is 3. The van der Waals surface area contributed by atoms with E-state index in [4.69, 9.17) is 4.74 Å². The van der Waals surface area contributed by atoms with Crippen molar-refractivity contribution in [3.63, 3.8) is 0 Å². The minimum Gasteiger partial charge on any atom is -0.489 e. The zero-order chi connectivity index (χ0) is 17.6. The van der Waals surface area contributed by atoms with Crippen molar-refractivity contribution < 1.29 is 9.13 Å². The quantitative estimate of drug-likeness (QED) is 0.541. The molecule has 3 rings (SSSR count). The number of aryl methyl sites for hydroxylation is 1. The highest BCUT2D eigenvalue weighted by molar-refractivity contribution is 9.10. The van der Waals surface area contributed by atoms with Gasteiger partial charge >= 0.3 is 0 Å². The summed E-state index contributed by atoms with van der Waals surface area (Å²) < 4.78 is 20.3. The van der Waals surface area contributed by atoms with Crippen LogP contribution >= 0.6 is 15.9 Å². The summed E-state index contributed by atoms with van der Waals surface area (Å²) >= 11 is 3.47. The van der Waals surface area contributed by atoms with E-state index in [0.717, 1.165) is 28.0 Å². The highest BCUT2D eigenvalue weighted by Crippen LogP contribution is 2.21. The van der Waals surface area contributed by atoms with E-state index < -0.39 is 0 Å². The first-order chi connectivity index (χ1) is 12.1. The molecule has 0 atom stereocenters. The lowest BCUT2D eigenvalue weighted by Gasteiger charge is -2.11. The summed E-state index contributed by atoms with van der Waals surface area (Å²) in [4.78, 5) is 0. The van der Waals surface area contributed by atoms with E-state index >= 15 is 0 Å². The second kappa shape index (κ2) is 8.17. The zero-order valence-corrected chi connectivity index (χ0v) is 15.5. The van der Waals surface area contributed by atoms with E-state index in [1.54, 1.807) is 18.2 Å². The smallest absolute Gasteiger partial charge is 0.129 e. The van der Waals surface area contributed by atoms with Crippen LogP contribution in [0, 0.1) is 12.7 Å². The molecule has 4 heteroatoms. The highest BCUT2D eigenvalue weighted by Gasteiger charge is 2.03. The largest absolute Gasteiger partial charge is 0.489 e. The van der Waals surface area contributed by atoms with Crippen molar-refractivity contribution in [2.45, 2.75) is 20.1 Å². The maximum atomic E-state index is 13.6. The van der Waals surface area contributed by atoms with Crippen LogP contribution in [0.1, 0.15) is 16.7 Å². The minimum absolute atomic E-state index is 0.225. The second-order valence-corrected chi connectivity index (χ2v) is 6.75. The van der Waals surface area contributed by atoms with Crippen molar-refractivity contribution >= 4 is 21.6 Å². The standard InChI is InChI=1S/C21H19BrFNO/c1-15-12-18(22)8-11-21(15)24-13-16-6-9-19(10-7-16)25-14-17-4-2-3-5-20(17)23/h2-12,24H,13-14H2,1H3. The van der Waals surface area contributed by atoms with Gasteiger partial charge in [0.15, 0.2) is 0 Å². The third-order valence-corrected chi connectivity index (χ3v) is 4.44. The lowest BCUT2D eigenvalue weighted by atomic mass is 10.1. The number of halogens is 2. The average molecular weight is 400 g/mol. The fourth-order valence-electron chi connectivity index (χ4n) is 2.50. The third-order valence-electron chi connectivity index (χ3n) is 3.95. The SMILES string of the molecule is Cc1cc(Br)ccc1NCc1ccc(OCc2ccccc2F)cc1. The van der Waals surface area contributed by atoms with Crippen LogP contribution in [0.2, 0.25) is 0 Å². The van der Waals surface area contributed by atoms with Gasteiger partial charge in [-0.05, 0) is 54.4 Å². The van der Waals surface area contributed by atoms with Crippen molar-refractivity contribution in [2.75, 3.05) is 5.32 Å². The molecule has 2 nitrogen and oxygen atoms in total. The van der Waals surface area contributed by atoms with Crippen LogP contribution < -0.4 is 10.1 Å². The van der Waals surface area contributed by atoms with Crippen molar-refractivity contribution in [1.29, 1.82) is 0 Å². The molecule has 0 aromatic heterocycles. The van der Waals surface area contributed by atoms with Crippen LogP contribution in [0.3, 0.4) is 0 Å². The summed E-state index contributed by atoms with van der Waals surface area (Å²) in [7, 11) is 0. The Morgan fingerprint density at radius 2 is 1.76 bits per heavy atom. The van der Waals surface area contributed by atoms with Gasteiger partial charge < -0.3 is 10.1 Å². The van der Waals surface area contributed by atoms with E-state index in [9.17, 15) is 4.39 Å². The van der Waals surface area contributed by atoms with Gasteiger partial charge in [0.1, 0.15) is 18.2 Å². The van der Waals surface area contributed by atoms with Crippen molar-refractivity contribution in [2.24, 2.45) is 0 Å². The molecule has 0 unspecified atom stereocenters. The lowest BCUT2D eigenvalue weighted by Crippen LogP contribution is -2.01. The zero-order valence-electron chi connectivity index (χ0n) is 13.9. The molecule has 0 aliphatic carbocycles. The second-order valence-electron chi connectivity index (χ2n) is 5.84. The van der Waals surface area contributed by atoms with Gasteiger partial charge in [-0.1, -0.05) is 46.3 Å². The summed E-state index contributed by atoms with van der Waals surface area (Å²) in [6.07, 6.45) is 0. The van der Waals surface area contributed by atoms with Gasteiger partial charge in [0.25, 0.3) is 0 Å². The topological polar surface area (TPSA) is 21.3 Å². The summed E-state index contributed by atoms with van der Waals surface area (Å²) in [6.45, 7) is 3.03. The first kappa shape index (κ1) is 17.5. The van der Waals surface area contributed by atoms with Gasteiger partial charge in [-0.25, -0.2) is 4.39 Å². The molecule has 0 aliphatic heterocycles.